The van der Waals surface area contributed by atoms with E-state index in [9.17, 15) is 9.59 Å². The smallest absolute Gasteiger partial charge is 0.341 e. The Balaban J connectivity index is 2.71. The van der Waals surface area contributed by atoms with Crippen LogP contribution in [0.5, 0.6) is 0 Å². The van der Waals surface area contributed by atoms with Gasteiger partial charge in [0.05, 0.1) is 0 Å². The Hall–Kier alpha value is -2.07. The Morgan fingerprint density at radius 3 is 2.67 bits per heavy atom. The van der Waals surface area contributed by atoms with Crippen LogP contribution in [0.15, 0.2) is 35.3 Å². The molecule has 0 unspecified atom stereocenters. The fraction of sp³-hybridized carbons (Fsp3) is 0.0769. The molecule has 0 aliphatic rings. The highest BCUT2D eigenvalue weighted by molar-refractivity contribution is 6.31. The number of H-pyrrole nitrogens is 1. The van der Waals surface area contributed by atoms with Crippen LogP contribution in [0.2, 0.25) is 5.02 Å². The minimum absolute atomic E-state index is 0.280. The van der Waals surface area contributed by atoms with Crippen molar-refractivity contribution < 1.29 is 9.90 Å². The quantitative estimate of drug-likeness (QED) is 0.875. The zero-order valence-electron chi connectivity index (χ0n) is 9.53. The Morgan fingerprint density at radius 1 is 1.33 bits per heavy atom. The van der Waals surface area contributed by atoms with Crippen LogP contribution in [-0.4, -0.2) is 16.1 Å². The second kappa shape index (κ2) is 4.66. The van der Waals surface area contributed by atoms with E-state index in [0.717, 1.165) is 5.56 Å². The molecule has 0 fully saturated rings. The Labute approximate surface area is 108 Å². The van der Waals surface area contributed by atoms with Crippen molar-refractivity contribution >= 4 is 17.6 Å². The lowest BCUT2D eigenvalue weighted by Crippen LogP contribution is -2.18. The molecule has 0 aliphatic carbocycles. The van der Waals surface area contributed by atoms with Gasteiger partial charge in [-0.2, -0.15) is 0 Å². The van der Waals surface area contributed by atoms with Gasteiger partial charge >= 0.3 is 5.97 Å². The monoisotopic (exact) mass is 263 g/mol. The van der Waals surface area contributed by atoms with Gasteiger partial charge in [0.1, 0.15) is 5.56 Å². The molecule has 2 rings (SSSR count). The number of carbonyl (C=O) groups is 1. The summed E-state index contributed by atoms with van der Waals surface area (Å²) in [6.07, 6.45) is 1.41. The molecule has 92 valence electrons. The van der Waals surface area contributed by atoms with E-state index >= 15 is 0 Å². The van der Waals surface area contributed by atoms with Crippen molar-refractivity contribution in [2.75, 3.05) is 0 Å². The van der Waals surface area contributed by atoms with E-state index in [1.165, 1.54) is 6.20 Å². The lowest BCUT2D eigenvalue weighted by atomic mass is 10.0. The lowest BCUT2D eigenvalue weighted by molar-refractivity contribution is 0.0696. The van der Waals surface area contributed by atoms with E-state index in [4.69, 9.17) is 16.7 Å². The first-order valence-electron chi connectivity index (χ1n) is 5.22. The summed E-state index contributed by atoms with van der Waals surface area (Å²) in [6.45, 7) is 1.85. The highest BCUT2D eigenvalue weighted by Crippen LogP contribution is 2.26. The first-order valence-corrected chi connectivity index (χ1v) is 5.60. The third-order valence-corrected chi connectivity index (χ3v) is 3.06. The van der Waals surface area contributed by atoms with E-state index in [1.54, 1.807) is 24.3 Å². The molecule has 4 nitrogen and oxygen atoms in total. The molecule has 0 atom stereocenters. The number of aryl methyl sites for hydroxylation is 1. The zero-order chi connectivity index (χ0) is 13.3. The van der Waals surface area contributed by atoms with Gasteiger partial charge < -0.3 is 10.1 Å². The molecule has 1 aromatic carbocycles. The number of hydrogen-bond acceptors (Lipinski definition) is 2. The highest BCUT2D eigenvalue weighted by atomic mass is 35.5. The molecule has 0 bridgehead atoms. The predicted octanol–water partition coefficient (Wildman–Crippen LogP) is 2.70. The molecule has 0 amide bonds. The summed E-state index contributed by atoms with van der Waals surface area (Å²) in [7, 11) is 0. The number of carboxylic acids is 1. The van der Waals surface area contributed by atoms with Crippen LogP contribution in [0.25, 0.3) is 11.1 Å². The molecule has 5 heteroatoms. The summed E-state index contributed by atoms with van der Waals surface area (Å²) in [6, 6.07) is 6.72. The molecule has 0 radical (unpaired) electrons. The molecule has 1 heterocycles. The van der Waals surface area contributed by atoms with Crippen LogP contribution in [-0.2, 0) is 0 Å². The first-order chi connectivity index (χ1) is 8.50. The number of pyridine rings is 1. The van der Waals surface area contributed by atoms with Crippen LogP contribution in [0.4, 0.5) is 0 Å². The van der Waals surface area contributed by atoms with Crippen molar-refractivity contribution in [3.8, 4) is 11.1 Å². The molecule has 18 heavy (non-hydrogen) atoms. The van der Waals surface area contributed by atoms with Gasteiger partial charge in [-0.25, -0.2) is 4.79 Å². The van der Waals surface area contributed by atoms with E-state index in [2.05, 4.69) is 4.98 Å². The van der Waals surface area contributed by atoms with Crippen molar-refractivity contribution in [1.82, 2.24) is 4.98 Å². The van der Waals surface area contributed by atoms with Gasteiger partial charge in [-0.05, 0) is 30.2 Å². The number of halogens is 1. The van der Waals surface area contributed by atoms with Crippen LogP contribution < -0.4 is 5.56 Å². The van der Waals surface area contributed by atoms with E-state index in [-0.39, 0.29) is 5.56 Å². The summed E-state index contributed by atoms with van der Waals surface area (Å²) in [4.78, 5) is 25.0. The molecule has 2 aromatic rings. The van der Waals surface area contributed by atoms with E-state index in [0.29, 0.717) is 16.1 Å². The van der Waals surface area contributed by atoms with Gasteiger partial charge in [0.25, 0.3) is 5.56 Å². The number of nitrogens with one attached hydrogen (secondary N) is 1. The van der Waals surface area contributed by atoms with E-state index < -0.39 is 11.5 Å². The van der Waals surface area contributed by atoms with Crippen molar-refractivity contribution in [1.29, 1.82) is 0 Å². The Morgan fingerprint density at radius 2 is 2.06 bits per heavy atom. The number of rotatable bonds is 2. The van der Waals surface area contributed by atoms with Gasteiger partial charge in [-0.1, -0.05) is 23.7 Å². The lowest BCUT2D eigenvalue weighted by Gasteiger charge is -2.07. The number of aromatic carboxylic acids is 1. The van der Waals surface area contributed by atoms with Crippen molar-refractivity contribution in [2.24, 2.45) is 0 Å². The van der Waals surface area contributed by atoms with Gasteiger partial charge in [0, 0.05) is 16.8 Å². The minimum Gasteiger partial charge on any atom is -0.477 e. The molecule has 0 spiro atoms. The van der Waals surface area contributed by atoms with Gasteiger partial charge in [-0.15, -0.1) is 0 Å². The van der Waals surface area contributed by atoms with Crippen molar-refractivity contribution in [3.63, 3.8) is 0 Å². The normalized spacial score (nSPS) is 10.3. The van der Waals surface area contributed by atoms with Gasteiger partial charge in [0.2, 0.25) is 0 Å². The summed E-state index contributed by atoms with van der Waals surface area (Å²) >= 11 is 6.00. The van der Waals surface area contributed by atoms with Gasteiger partial charge in [-0.3, -0.25) is 4.79 Å². The predicted molar refractivity (Wildman–Crippen MR) is 69.2 cm³/mol. The topological polar surface area (TPSA) is 70.2 Å². The largest absolute Gasteiger partial charge is 0.477 e. The van der Waals surface area contributed by atoms with Gasteiger partial charge in [0.15, 0.2) is 0 Å². The fourth-order valence-corrected chi connectivity index (χ4v) is 1.87. The van der Waals surface area contributed by atoms with E-state index in [1.807, 2.05) is 6.92 Å². The molecule has 0 saturated heterocycles. The number of hydrogen-bond donors (Lipinski definition) is 2. The average Bonchev–Trinajstić information content (AvgIpc) is 2.32. The average molecular weight is 264 g/mol. The number of benzene rings is 1. The first kappa shape index (κ1) is 12.4. The third kappa shape index (κ3) is 2.15. The molecular weight excluding hydrogens is 254 g/mol. The molecule has 0 aliphatic heterocycles. The SMILES string of the molecule is Cc1ccc(-c2cc[nH]c(=O)c2C(=O)O)cc1Cl. The summed E-state index contributed by atoms with van der Waals surface area (Å²) in [5.41, 5.74) is 0.943. The number of aromatic nitrogens is 1. The Bertz CT molecular complexity index is 676. The molecule has 2 N–H and O–H groups in total. The minimum atomic E-state index is -1.26. The van der Waals surface area contributed by atoms with Crippen LogP contribution in [0.3, 0.4) is 0 Å². The summed E-state index contributed by atoms with van der Waals surface area (Å²) in [5.74, 6) is -1.26. The molecule has 0 saturated carbocycles. The van der Waals surface area contributed by atoms with Crippen LogP contribution in [0.1, 0.15) is 15.9 Å². The zero-order valence-corrected chi connectivity index (χ0v) is 10.3. The fourth-order valence-electron chi connectivity index (χ4n) is 1.69. The Kier molecular flexibility index (Phi) is 3.21. The summed E-state index contributed by atoms with van der Waals surface area (Å²) in [5, 5.41) is 9.61. The molecule has 1 aromatic heterocycles. The van der Waals surface area contributed by atoms with Crippen molar-refractivity contribution in [3.05, 3.63) is 57.0 Å². The van der Waals surface area contributed by atoms with Crippen LogP contribution in [0, 0.1) is 6.92 Å². The maximum absolute atomic E-state index is 11.5. The second-order valence-corrected chi connectivity index (χ2v) is 4.27. The maximum atomic E-state index is 11.5. The number of aromatic amines is 1. The summed E-state index contributed by atoms with van der Waals surface area (Å²) < 4.78 is 0. The standard InChI is InChI=1S/C13H10ClNO3/c1-7-2-3-8(6-10(7)14)9-4-5-15-12(16)11(9)13(17)18/h2-6H,1H3,(H,15,16)(H,17,18). The molecular formula is C13H10ClNO3. The number of carboxylic acid groups (broad SMARTS) is 1. The third-order valence-electron chi connectivity index (χ3n) is 2.66. The second-order valence-electron chi connectivity index (χ2n) is 3.86. The maximum Gasteiger partial charge on any atom is 0.341 e. The van der Waals surface area contributed by atoms with Crippen LogP contribution >= 0.6 is 11.6 Å². The highest BCUT2D eigenvalue weighted by Gasteiger charge is 2.16. The van der Waals surface area contributed by atoms with Crippen molar-refractivity contribution in [2.45, 2.75) is 6.92 Å².